The first-order valence-corrected chi connectivity index (χ1v) is 12.0. The Hall–Kier alpha value is -2.08. The molecule has 3 N–H and O–H groups in total. The fourth-order valence-corrected chi connectivity index (χ4v) is 5.05. The Morgan fingerprint density at radius 1 is 1.18 bits per heavy atom. The predicted octanol–water partition coefficient (Wildman–Crippen LogP) is 2.96. The van der Waals surface area contributed by atoms with E-state index >= 15 is 0 Å². The number of carbonyl (C=O) groups is 1. The number of thiocarbonyl (C=S) groups is 1. The Kier molecular flexibility index (Phi) is 7.28. The van der Waals surface area contributed by atoms with Crippen LogP contribution < -0.4 is 21.4 Å². The van der Waals surface area contributed by atoms with Gasteiger partial charge in [0.1, 0.15) is 6.17 Å². The Labute approximate surface area is 215 Å². The molecule has 1 saturated heterocycles. The van der Waals surface area contributed by atoms with E-state index in [4.69, 9.17) is 52.2 Å². The number of rotatable bonds is 4. The van der Waals surface area contributed by atoms with Gasteiger partial charge in [-0.25, -0.2) is 0 Å². The number of aromatic nitrogens is 1. The number of benzene rings is 1. The molecule has 0 radical (unpaired) electrons. The Balaban J connectivity index is 1.47. The van der Waals surface area contributed by atoms with Gasteiger partial charge in [-0.2, -0.15) is 0 Å². The summed E-state index contributed by atoms with van der Waals surface area (Å²) in [6.45, 7) is 1.79. The van der Waals surface area contributed by atoms with Crippen molar-refractivity contribution in [3.05, 3.63) is 69.3 Å². The maximum absolute atomic E-state index is 12.7. The third kappa shape index (κ3) is 5.42. The van der Waals surface area contributed by atoms with Gasteiger partial charge >= 0.3 is 0 Å². The third-order valence-electron chi connectivity index (χ3n) is 5.97. The fourth-order valence-electron chi connectivity index (χ4n) is 4.46. The zero-order valence-corrected chi connectivity index (χ0v) is 20.7. The van der Waals surface area contributed by atoms with E-state index in [0.29, 0.717) is 24.7 Å². The second-order valence-corrected chi connectivity index (χ2v) is 11.1. The number of pyridine rings is 1. The highest BCUT2D eigenvalue weighted by molar-refractivity contribution is 7.80. The van der Waals surface area contributed by atoms with Crippen molar-refractivity contribution >= 4 is 63.7 Å². The lowest BCUT2D eigenvalue weighted by Crippen LogP contribution is -2.60. The van der Waals surface area contributed by atoms with Crippen LogP contribution in [-0.4, -0.2) is 48.7 Å². The highest BCUT2D eigenvalue weighted by Crippen LogP contribution is 2.35. The molecule has 9 nitrogen and oxygen atoms in total. The first kappa shape index (κ1) is 25.0. The molecule has 3 unspecified atom stereocenters. The predicted molar refractivity (Wildman–Crippen MR) is 134 cm³/mol. The first-order valence-electron chi connectivity index (χ1n) is 10.4. The number of alkyl halides is 3. The molecule has 3 atom stereocenters. The number of likely N-dealkylation sites (tertiary alicyclic amines) is 1. The van der Waals surface area contributed by atoms with Gasteiger partial charge in [0.25, 0.3) is 11.5 Å². The lowest BCUT2D eigenvalue weighted by Gasteiger charge is -2.44. The molecular formula is C21H21Cl3N5O4S-. The topological polar surface area (TPSA) is 113 Å². The molecule has 0 saturated carbocycles. The molecule has 182 valence electrons. The van der Waals surface area contributed by atoms with Gasteiger partial charge in [0.05, 0.1) is 5.69 Å². The monoisotopic (exact) mass is 544 g/mol. The Morgan fingerprint density at radius 3 is 2.62 bits per heavy atom. The number of amides is 1. The zero-order chi connectivity index (χ0) is 24.6. The van der Waals surface area contributed by atoms with Gasteiger partial charge in [-0.1, -0.05) is 46.9 Å². The van der Waals surface area contributed by atoms with E-state index in [9.17, 15) is 14.8 Å². The second kappa shape index (κ2) is 9.88. The van der Waals surface area contributed by atoms with Crippen LogP contribution >= 0.6 is 47.0 Å². The Morgan fingerprint density at radius 2 is 1.91 bits per heavy atom. The molecular weight excluding hydrogens is 525 g/mol. The fraction of sp³-hybridized carbons (Fsp3) is 0.381. The summed E-state index contributed by atoms with van der Waals surface area (Å²) < 4.78 is -0.134. The van der Waals surface area contributed by atoms with Crippen LogP contribution in [0.25, 0.3) is 0 Å². The van der Waals surface area contributed by atoms with Crippen LogP contribution in [0.2, 0.25) is 0 Å². The molecule has 0 aliphatic carbocycles. The van der Waals surface area contributed by atoms with Crippen molar-refractivity contribution < 1.29 is 10.0 Å². The van der Waals surface area contributed by atoms with E-state index in [1.165, 1.54) is 24.3 Å². The number of nitrogens with zero attached hydrogens (tertiary/aromatic N) is 3. The molecule has 13 heteroatoms. The molecule has 34 heavy (non-hydrogen) atoms. The molecule has 3 heterocycles. The van der Waals surface area contributed by atoms with Gasteiger partial charge in [-0.3, -0.25) is 14.8 Å². The molecule has 1 amide bonds. The summed E-state index contributed by atoms with van der Waals surface area (Å²) in [6, 6.07) is 10.7. The van der Waals surface area contributed by atoms with Crippen LogP contribution in [0.5, 0.6) is 0 Å². The number of piperidine rings is 1. The standard InChI is InChI=1S/C21H21Cl3N5O4S/c22-21(23,24)19(25-18(31)13-3-1-4-15(8-13)29(32)33)26-20(34)27-9-12-7-14(11-27)16-5-2-6-17(30)28(16)10-12/h1-6,8,12,14,19,32H,7,9-11H2,(H,25,31)(H,26,34)/q-1. The SMILES string of the molecule is O=C(NC(NC(=S)N1CC2CC(C1)c1cccc(=O)n1C2)C(Cl)(Cl)Cl)c1cccc(N([O-])O)c1. The summed E-state index contributed by atoms with van der Waals surface area (Å²) >= 11 is 23.9. The van der Waals surface area contributed by atoms with Crippen LogP contribution in [0.15, 0.2) is 47.3 Å². The van der Waals surface area contributed by atoms with Crippen LogP contribution in [0.3, 0.4) is 0 Å². The van der Waals surface area contributed by atoms with E-state index in [1.807, 2.05) is 15.5 Å². The van der Waals surface area contributed by atoms with Crippen molar-refractivity contribution in [1.82, 2.24) is 20.1 Å². The Bertz CT molecular complexity index is 1160. The maximum atomic E-state index is 12.7. The van der Waals surface area contributed by atoms with Crippen LogP contribution in [0.1, 0.15) is 28.4 Å². The van der Waals surface area contributed by atoms with Crippen molar-refractivity contribution in [1.29, 1.82) is 0 Å². The highest BCUT2D eigenvalue weighted by Gasteiger charge is 2.39. The van der Waals surface area contributed by atoms with Gasteiger partial charge in [-0.05, 0) is 48.8 Å². The van der Waals surface area contributed by atoms with Crippen molar-refractivity contribution in [3.63, 3.8) is 0 Å². The van der Waals surface area contributed by atoms with Crippen molar-refractivity contribution in [2.45, 2.75) is 28.8 Å². The maximum Gasteiger partial charge on any atom is 0.253 e. The summed E-state index contributed by atoms with van der Waals surface area (Å²) in [5.41, 5.74) is 0.916. The average Bonchev–Trinajstić information content (AvgIpc) is 2.78. The van der Waals surface area contributed by atoms with Crippen LogP contribution in [-0.2, 0) is 6.54 Å². The smallest absolute Gasteiger partial charge is 0.253 e. The number of fused-ring (bicyclic) bond motifs is 4. The number of halogens is 3. The first-order chi connectivity index (χ1) is 16.0. The molecule has 4 rings (SSSR count). The van der Waals surface area contributed by atoms with Crippen molar-refractivity contribution in [2.75, 3.05) is 18.3 Å². The zero-order valence-electron chi connectivity index (χ0n) is 17.7. The average molecular weight is 546 g/mol. The van der Waals surface area contributed by atoms with E-state index in [2.05, 4.69) is 10.6 Å². The number of hydrogen-bond donors (Lipinski definition) is 3. The van der Waals surface area contributed by atoms with Crippen molar-refractivity contribution in [2.24, 2.45) is 5.92 Å². The van der Waals surface area contributed by atoms with Crippen molar-refractivity contribution in [3.8, 4) is 0 Å². The van der Waals surface area contributed by atoms with E-state index in [0.717, 1.165) is 12.1 Å². The summed E-state index contributed by atoms with van der Waals surface area (Å²) in [7, 11) is 0. The molecule has 1 aromatic carbocycles. The van der Waals surface area contributed by atoms with Gasteiger partial charge < -0.3 is 30.5 Å². The number of nitrogens with one attached hydrogen (secondary N) is 2. The molecule has 2 aromatic rings. The lowest BCUT2D eigenvalue weighted by molar-refractivity contribution is 0.0932. The van der Waals surface area contributed by atoms with Gasteiger partial charge in [-0.15, -0.1) is 0 Å². The minimum atomic E-state index is -1.95. The molecule has 2 aliphatic heterocycles. The third-order valence-corrected chi connectivity index (χ3v) is 7.00. The number of carbonyl (C=O) groups excluding carboxylic acids is 1. The lowest BCUT2D eigenvalue weighted by atomic mass is 9.83. The van der Waals surface area contributed by atoms with E-state index in [1.54, 1.807) is 12.1 Å². The van der Waals surface area contributed by atoms with Gasteiger partial charge in [0.2, 0.25) is 3.79 Å². The second-order valence-electron chi connectivity index (χ2n) is 8.32. The molecule has 2 aliphatic rings. The minimum absolute atomic E-state index is 0.00861. The summed E-state index contributed by atoms with van der Waals surface area (Å²) in [4.78, 5) is 26.9. The molecule has 2 bridgehead atoms. The quantitative estimate of drug-likeness (QED) is 0.233. The van der Waals surface area contributed by atoms with Crippen LogP contribution in [0, 0.1) is 11.1 Å². The van der Waals surface area contributed by atoms with E-state index in [-0.39, 0.29) is 33.9 Å². The molecule has 1 aromatic heterocycles. The van der Waals surface area contributed by atoms with E-state index < -0.39 is 15.9 Å². The molecule has 1 fully saturated rings. The summed E-state index contributed by atoms with van der Waals surface area (Å²) in [5, 5.41) is 25.7. The highest BCUT2D eigenvalue weighted by atomic mass is 35.6. The normalized spacial score (nSPS) is 20.2. The van der Waals surface area contributed by atoms with Gasteiger partial charge in [0, 0.05) is 42.9 Å². The molecule has 0 spiro atoms. The number of hydrogen-bond acceptors (Lipinski definition) is 6. The largest absolute Gasteiger partial charge is 0.733 e. The number of anilines is 1. The summed E-state index contributed by atoms with van der Waals surface area (Å²) in [6.07, 6.45) is -0.235. The minimum Gasteiger partial charge on any atom is -0.733 e. The summed E-state index contributed by atoms with van der Waals surface area (Å²) in [5.74, 6) is -0.291. The van der Waals surface area contributed by atoms with Crippen LogP contribution in [0.4, 0.5) is 5.69 Å². The van der Waals surface area contributed by atoms with Gasteiger partial charge in [0.15, 0.2) is 5.11 Å².